The predicted molar refractivity (Wildman–Crippen MR) is 83.7 cm³/mol. The van der Waals surface area contributed by atoms with Crippen LogP contribution in [0.15, 0.2) is 12.1 Å². The SMILES string of the molecule is COCCCNC(=O)COc1c(C)cc(CCN)cc1C. The summed E-state index contributed by atoms with van der Waals surface area (Å²) >= 11 is 0. The molecule has 1 rings (SSSR count). The Labute approximate surface area is 126 Å². The van der Waals surface area contributed by atoms with Crippen LogP contribution in [-0.2, 0) is 16.0 Å². The van der Waals surface area contributed by atoms with Crippen LogP contribution in [0, 0.1) is 13.8 Å². The molecule has 0 atom stereocenters. The molecule has 0 heterocycles. The molecule has 1 aromatic rings. The summed E-state index contributed by atoms with van der Waals surface area (Å²) in [6.45, 7) is 5.87. The monoisotopic (exact) mass is 294 g/mol. The third-order valence-electron chi connectivity index (χ3n) is 3.15. The molecule has 0 aliphatic heterocycles. The van der Waals surface area contributed by atoms with Gasteiger partial charge < -0.3 is 20.5 Å². The van der Waals surface area contributed by atoms with Crippen molar-refractivity contribution in [1.82, 2.24) is 5.32 Å². The largest absolute Gasteiger partial charge is 0.483 e. The molecular weight excluding hydrogens is 268 g/mol. The van der Waals surface area contributed by atoms with E-state index in [1.54, 1.807) is 7.11 Å². The van der Waals surface area contributed by atoms with E-state index in [9.17, 15) is 4.79 Å². The molecule has 5 heteroatoms. The van der Waals surface area contributed by atoms with Gasteiger partial charge in [0.2, 0.25) is 0 Å². The lowest BCUT2D eigenvalue weighted by Crippen LogP contribution is -2.30. The molecule has 0 aliphatic rings. The smallest absolute Gasteiger partial charge is 0.257 e. The predicted octanol–water partition coefficient (Wildman–Crippen LogP) is 1.34. The van der Waals surface area contributed by atoms with E-state index in [0.29, 0.717) is 19.7 Å². The summed E-state index contributed by atoms with van der Waals surface area (Å²) in [6.07, 6.45) is 1.65. The normalized spacial score (nSPS) is 10.5. The number of amides is 1. The number of aryl methyl sites for hydroxylation is 2. The Bertz CT molecular complexity index is 438. The quantitative estimate of drug-likeness (QED) is 0.674. The van der Waals surface area contributed by atoms with Gasteiger partial charge in [-0.3, -0.25) is 4.79 Å². The van der Waals surface area contributed by atoms with Crippen molar-refractivity contribution in [3.8, 4) is 5.75 Å². The molecule has 0 spiro atoms. The van der Waals surface area contributed by atoms with Crippen molar-refractivity contribution in [3.63, 3.8) is 0 Å². The fourth-order valence-corrected chi connectivity index (χ4v) is 2.21. The average molecular weight is 294 g/mol. The van der Waals surface area contributed by atoms with Gasteiger partial charge in [-0.1, -0.05) is 12.1 Å². The van der Waals surface area contributed by atoms with Crippen LogP contribution in [-0.4, -0.2) is 39.3 Å². The van der Waals surface area contributed by atoms with Gasteiger partial charge in [0.25, 0.3) is 5.91 Å². The number of methoxy groups -OCH3 is 1. The Balaban J connectivity index is 2.49. The van der Waals surface area contributed by atoms with Crippen molar-refractivity contribution in [1.29, 1.82) is 0 Å². The highest BCUT2D eigenvalue weighted by atomic mass is 16.5. The molecule has 0 saturated carbocycles. The summed E-state index contributed by atoms with van der Waals surface area (Å²) in [7, 11) is 1.64. The molecule has 0 fully saturated rings. The zero-order valence-corrected chi connectivity index (χ0v) is 13.2. The Hall–Kier alpha value is -1.59. The third kappa shape index (κ3) is 6.14. The number of nitrogens with two attached hydrogens (primary N) is 1. The highest BCUT2D eigenvalue weighted by Crippen LogP contribution is 2.24. The van der Waals surface area contributed by atoms with Gasteiger partial charge in [-0.25, -0.2) is 0 Å². The van der Waals surface area contributed by atoms with Crippen molar-refractivity contribution in [2.45, 2.75) is 26.7 Å². The van der Waals surface area contributed by atoms with Gasteiger partial charge in [-0.05, 0) is 49.9 Å². The van der Waals surface area contributed by atoms with Crippen molar-refractivity contribution in [2.24, 2.45) is 5.73 Å². The van der Waals surface area contributed by atoms with Crippen LogP contribution in [0.3, 0.4) is 0 Å². The van der Waals surface area contributed by atoms with Crippen LogP contribution in [0.5, 0.6) is 5.75 Å². The minimum Gasteiger partial charge on any atom is -0.483 e. The van der Waals surface area contributed by atoms with Crippen LogP contribution in [0.25, 0.3) is 0 Å². The number of rotatable bonds is 9. The molecule has 5 nitrogen and oxygen atoms in total. The van der Waals surface area contributed by atoms with Gasteiger partial charge in [-0.2, -0.15) is 0 Å². The average Bonchev–Trinajstić information content (AvgIpc) is 2.43. The van der Waals surface area contributed by atoms with E-state index in [1.165, 1.54) is 5.56 Å². The first kappa shape index (κ1) is 17.5. The Kier molecular flexibility index (Phi) is 7.79. The van der Waals surface area contributed by atoms with Crippen LogP contribution in [0.2, 0.25) is 0 Å². The number of ether oxygens (including phenoxy) is 2. The second kappa shape index (κ2) is 9.37. The van der Waals surface area contributed by atoms with E-state index in [0.717, 1.165) is 29.7 Å². The van der Waals surface area contributed by atoms with Gasteiger partial charge in [0.05, 0.1) is 0 Å². The molecule has 3 N–H and O–H groups in total. The molecule has 0 aliphatic carbocycles. The molecule has 0 bridgehead atoms. The van der Waals surface area contributed by atoms with Crippen LogP contribution in [0.1, 0.15) is 23.1 Å². The summed E-state index contributed by atoms with van der Waals surface area (Å²) in [5, 5.41) is 2.80. The van der Waals surface area contributed by atoms with E-state index in [2.05, 4.69) is 17.4 Å². The first-order chi connectivity index (χ1) is 10.1. The van der Waals surface area contributed by atoms with Crippen molar-refractivity contribution >= 4 is 5.91 Å². The molecular formula is C16H26N2O3. The number of carbonyl (C=O) groups excluding carboxylic acids is 1. The summed E-state index contributed by atoms with van der Waals surface area (Å²) in [4.78, 5) is 11.7. The van der Waals surface area contributed by atoms with Crippen LogP contribution >= 0.6 is 0 Å². The summed E-state index contributed by atoms with van der Waals surface area (Å²) in [5.41, 5.74) is 8.84. The number of carbonyl (C=O) groups is 1. The number of nitrogens with one attached hydrogen (secondary N) is 1. The zero-order chi connectivity index (χ0) is 15.7. The van der Waals surface area contributed by atoms with Gasteiger partial charge >= 0.3 is 0 Å². The van der Waals surface area contributed by atoms with E-state index in [4.69, 9.17) is 15.2 Å². The Morgan fingerprint density at radius 2 is 1.95 bits per heavy atom. The Morgan fingerprint density at radius 1 is 1.29 bits per heavy atom. The van der Waals surface area contributed by atoms with E-state index >= 15 is 0 Å². The standard InChI is InChI=1S/C16H26N2O3/c1-12-9-14(5-6-17)10-13(2)16(12)21-11-15(19)18-7-4-8-20-3/h9-10H,4-8,11,17H2,1-3H3,(H,18,19). The highest BCUT2D eigenvalue weighted by Gasteiger charge is 2.09. The lowest BCUT2D eigenvalue weighted by atomic mass is 10.0. The molecule has 0 radical (unpaired) electrons. The van der Waals surface area contributed by atoms with E-state index in [1.807, 2.05) is 13.8 Å². The topological polar surface area (TPSA) is 73.6 Å². The number of hydrogen-bond acceptors (Lipinski definition) is 4. The van der Waals surface area contributed by atoms with Gasteiger partial charge in [0.15, 0.2) is 6.61 Å². The molecule has 1 amide bonds. The number of benzene rings is 1. The first-order valence-corrected chi connectivity index (χ1v) is 7.27. The van der Waals surface area contributed by atoms with Crippen LogP contribution in [0.4, 0.5) is 0 Å². The Morgan fingerprint density at radius 3 is 2.52 bits per heavy atom. The fraction of sp³-hybridized carbons (Fsp3) is 0.562. The van der Waals surface area contributed by atoms with Gasteiger partial charge in [-0.15, -0.1) is 0 Å². The second-order valence-corrected chi connectivity index (χ2v) is 5.08. The van der Waals surface area contributed by atoms with E-state index < -0.39 is 0 Å². The van der Waals surface area contributed by atoms with Crippen molar-refractivity contribution in [3.05, 3.63) is 28.8 Å². The van der Waals surface area contributed by atoms with Crippen molar-refractivity contribution in [2.75, 3.05) is 33.4 Å². The molecule has 118 valence electrons. The first-order valence-electron chi connectivity index (χ1n) is 7.27. The maximum Gasteiger partial charge on any atom is 0.257 e. The van der Waals surface area contributed by atoms with Crippen molar-refractivity contribution < 1.29 is 14.3 Å². The summed E-state index contributed by atoms with van der Waals surface area (Å²) < 4.78 is 10.6. The summed E-state index contributed by atoms with van der Waals surface area (Å²) in [5.74, 6) is 0.666. The minimum absolute atomic E-state index is 0.0326. The summed E-state index contributed by atoms with van der Waals surface area (Å²) in [6, 6.07) is 4.12. The molecule has 0 aromatic heterocycles. The lowest BCUT2D eigenvalue weighted by Gasteiger charge is -2.14. The molecule has 21 heavy (non-hydrogen) atoms. The molecule has 1 aromatic carbocycles. The van der Waals surface area contributed by atoms with Crippen LogP contribution < -0.4 is 15.8 Å². The van der Waals surface area contributed by atoms with Gasteiger partial charge in [0, 0.05) is 20.3 Å². The molecule has 0 saturated heterocycles. The minimum atomic E-state index is -0.115. The van der Waals surface area contributed by atoms with Gasteiger partial charge in [0.1, 0.15) is 5.75 Å². The zero-order valence-electron chi connectivity index (χ0n) is 13.2. The fourth-order valence-electron chi connectivity index (χ4n) is 2.21. The number of hydrogen-bond donors (Lipinski definition) is 2. The molecule has 0 unspecified atom stereocenters. The second-order valence-electron chi connectivity index (χ2n) is 5.08. The maximum atomic E-state index is 11.7. The third-order valence-corrected chi connectivity index (χ3v) is 3.15. The highest BCUT2D eigenvalue weighted by molar-refractivity contribution is 5.77. The van der Waals surface area contributed by atoms with E-state index in [-0.39, 0.29) is 12.5 Å². The lowest BCUT2D eigenvalue weighted by molar-refractivity contribution is -0.123. The maximum absolute atomic E-state index is 11.7.